The van der Waals surface area contributed by atoms with Crippen LogP contribution in [0.15, 0.2) is 60.4 Å². The van der Waals surface area contributed by atoms with Gasteiger partial charge in [-0.25, -0.2) is 8.36 Å². The normalized spacial score (nSPS) is 12.2. The molecule has 0 radical (unpaired) electrons. The van der Waals surface area contributed by atoms with E-state index in [4.69, 9.17) is 0 Å². The van der Waals surface area contributed by atoms with Gasteiger partial charge in [0.1, 0.15) is 11.5 Å². The smallest absolute Gasteiger partial charge is 0.307 e. The molecule has 2 N–H and O–H groups in total. The van der Waals surface area contributed by atoms with E-state index in [1.54, 1.807) is 24.3 Å². The molecule has 33 heavy (non-hydrogen) atoms. The average Bonchev–Trinajstić information content (AvgIpc) is 3.16. The van der Waals surface area contributed by atoms with Crippen molar-refractivity contribution in [1.82, 2.24) is 18.9 Å². The van der Waals surface area contributed by atoms with Crippen molar-refractivity contribution in [1.29, 1.82) is 0 Å². The zero-order chi connectivity index (χ0) is 24.2. The summed E-state index contributed by atoms with van der Waals surface area (Å²) < 4.78 is 41.9. The number of amides is 2. The molecule has 0 saturated heterocycles. The summed E-state index contributed by atoms with van der Waals surface area (Å²) in [5, 5.41) is 5.71. The Morgan fingerprint density at radius 3 is 2.42 bits per heavy atom. The van der Waals surface area contributed by atoms with E-state index in [-0.39, 0.29) is 11.3 Å². The van der Waals surface area contributed by atoms with Crippen LogP contribution in [0.5, 0.6) is 0 Å². The fraction of sp³-hybridized carbons (Fsp3) is 0.217. The standard InChI is InChI=1S/C23H25FN4O4S/c1-4-13-25-23(30)20(26-22(29)18-10-5-7-11-19(18)24)14-16-15-28(33(31,32)27(2)3)21-12-8-6-9-17(16)21/h5-12,14-15H,4,13H2,1-3H3,(H,25,30)(H,26,29)/b20-14-. The number of nitrogens with one attached hydrogen (secondary N) is 2. The van der Waals surface area contributed by atoms with E-state index in [0.717, 1.165) is 14.3 Å². The molecule has 0 aliphatic carbocycles. The second kappa shape index (κ2) is 9.97. The molecule has 0 saturated carbocycles. The molecule has 1 heterocycles. The monoisotopic (exact) mass is 472 g/mol. The molecular weight excluding hydrogens is 447 g/mol. The highest BCUT2D eigenvalue weighted by Gasteiger charge is 2.22. The van der Waals surface area contributed by atoms with Crippen LogP contribution in [0.25, 0.3) is 17.0 Å². The largest absolute Gasteiger partial charge is 0.351 e. The van der Waals surface area contributed by atoms with E-state index in [1.165, 1.54) is 44.6 Å². The van der Waals surface area contributed by atoms with Gasteiger partial charge in [-0.1, -0.05) is 37.3 Å². The maximum absolute atomic E-state index is 14.1. The van der Waals surface area contributed by atoms with Crippen LogP contribution in [0.1, 0.15) is 29.3 Å². The molecule has 10 heteroatoms. The second-order valence-corrected chi connectivity index (χ2v) is 9.45. The number of halogens is 1. The number of hydrogen-bond acceptors (Lipinski definition) is 4. The van der Waals surface area contributed by atoms with Crippen molar-refractivity contribution in [3.63, 3.8) is 0 Å². The van der Waals surface area contributed by atoms with Crippen molar-refractivity contribution in [3.05, 3.63) is 77.4 Å². The molecule has 174 valence electrons. The summed E-state index contributed by atoms with van der Waals surface area (Å²) in [4.78, 5) is 25.5. The van der Waals surface area contributed by atoms with Gasteiger partial charge in [0.05, 0.1) is 11.1 Å². The average molecular weight is 473 g/mol. The molecule has 3 rings (SSSR count). The third-order valence-electron chi connectivity index (χ3n) is 4.87. The predicted octanol–water partition coefficient (Wildman–Crippen LogP) is 2.73. The number of fused-ring (bicyclic) bond motifs is 1. The zero-order valence-corrected chi connectivity index (χ0v) is 19.3. The maximum atomic E-state index is 14.1. The highest BCUT2D eigenvalue weighted by Crippen LogP contribution is 2.25. The number of carbonyl (C=O) groups excluding carboxylic acids is 2. The first-order valence-electron chi connectivity index (χ1n) is 10.3. The summed E-state index contributed by atoms with van der Waals surface area (Å²) in [6, 6.07) is 12.2. The first-order chi connectivity index (χ1) is 15.7. The third-order valence-corrected chi connectivity index (χ3v) is 6.59. The minimum atomic E-state index is -3.84. The summed E-state index contributed by atoms with van der Waals surface area (Å²) in [5.41, 5.74) is 0.448. The SMILES string of the molecule is CCCNC(=O)/C(=C/c1cn(S(=O)(=O)N(C)C)c2ccccc12)NC(=O)c1ccccc1F. The lowest BCUT2D eigenvalue weighted by atomic mass is 10.1. The van der Waals surface area contributed by atoms with Crippen LogP contribution < -0.4 is 10.6 Å². The zero-order valence-electron chi connectivity index (χ0n) is 18.5. The highest BCUT2D eigenvalue weighted by atomic mass is 32.2. The molecule has 0 spiro atoms. The van der Waals surface area contributed by atoms with Gasteiger partial charge in [0, 0.05) is 37.8 Å². The quantitative estimate of drug-likeness (QED) is 0.493. The summed E-state index contributed by atoms with van der Waals surface area (Å²) in [6.45, 7) is 2.24. The van der Waals surface area contributed by atoms with Gasteiger partial charge in [-0.3, -0.25) is 9.59 Å². The van der Waals surface area contributed by atoms with Crippen LogP contribution in [-0.2, 0) is 15.0 Å². The van der Waals surface area contributed by atoms with Crippen LogP contribution in [0.3, 0.4) is 0 Å². The number of para-hydroxylation sites is 1. The van der Waals surface area contributed by atoms with Crippen LogP contribution in [0.4, 0.5) is 4.39 Å². The molecule has 0 bridgehead atoms. The Labute approximate surface area is 191 Å². The Kier molecular flexibility index (Phi) is 7.29. The lowest BCUT2D eigenvalue weighted by Gasteiger charge is -2.13. The minimum absolute atomic E-state index is 0.137. The van der Waals surface area contributed by atoms with E-state index < -0.39 is 27.8 Å². The Balaban J connectivity index is 2.12. The van der Waals surface area contributed by atoms with Crippen molar-refractivity contribution < 1.29 is 22.4 Å². The maximum Gasteiger partial charge on any atom is 0.307 e. The molecular formula is C23H25FN4O4S. The Bertz CT molecular complexity index is 1330. The van der Waals surface area contributed by atoms with E-state index in [1.807, 2.05) is 6.92 Å². The molecule has 1 aromatic heterocycles. The summed E-state index contributed by atoms with van der Waals surface area (Å²) in [7, 11) is -1.01. The van der Waals surface area contributed by atoms with Crippen molar-refractivity contribution in [3.8, 4) is 0 Å². The molecule has 2 aromatic carbocycles. The molecule has 0 fully saturated rings. The van der Waals surface area contributed by atoms with Crippen molar-refractivity contribution >= 4 is 39.0 Å². The van der Waals surface area contributed by atoms with Crippen molar-refractivity contribution in [2.24, 2.45) is 0 Å². The van der Waals surface area contributed by atoms with Gasteiger partial charge < -0.3 is 10.6 Å². The van der Waals surface area contributed by atoms with Gasteiger partial charge >= 0.3 is 10.2 Å². The molecule has 3 aromatic rings. The number of hydrogen-bond donors (Lipinski definition) is 2. The van der Waals surface area contributed by atoms with Gasteiger partial charge in [0.15, 0.2) is 0 Å². The summed E-state index contributed by atoms with van der Waals surface area (Å²) in [6.07, 6.45) is 3.43. The van der Waals surface area contributed by atoms with Crippen LogP contribution >= 0.6 is 0 Å². The topological polar surface area (TPSA) is 101 Å². The number of carbonyl (C=O) groups is 2. The summed E-state index contributed by atoms with van der Waals surface area (Å²) in [5.74, 6) is -2.10. The lowest BCUT2D eigenvalue weighted by Crippen LogP contribution is -2.35. The van der Waals surface area contributed by atoms with Gasteiger partial charge in [-0.05, 0) is 30.7 Å². The van der Waals surface area contributed by atoms with E-state index in [0.29, 0.717) is 29.4 Å². The van der Waals surface area contributed by atoms with Crippen molar-refractivity contribution in [2.45, 2.75) is 13.3 Å². The van der Waals surface area contributed by atoms with E-state index >= 15 is 0 Å². The fourth-order valence-corrected chi connectivity index (χ4v) is 4.15. The Morgan fingerprint density at radius 2 is 1.76 bits per heavy atom. The molecule has 8 nitrogen and oxygen atoms in total. The molecule has 0 aliphatic rings. The van der Waals surface area contributed by atoms with Gasteiger partial charge in [0.2, 0.25) is 0 Å². The number of aromatic nitrogens is 1. The first kappa shape index (κ1) is 24.1. The summed E-state index contributed by atoms with van der Waals surface area (Å²) >= 11 is 0. The minimum Gasteiger partial charge on any atom is -0.351 e. The second-order valence-electron chi connectivity index (χ2n) is 7.44. The van der Waals surface area contributed by atoms with Gasteiger partial charge in [-0.15, -0.1) is 0 Å². The van der Waals surface area contributed by atoms with Gasteiger partial charge in [-0.2, -0.15) is 12.7 Å². The Morgan fingerprint density at radius 1 is 1.09 bits per heavy atom. The third kappa shape index (κ3) is 5.12. The predicted molar refractivity (Wildman–Crippen MR) is 125 cm³/mol. The molecule has 0 aliphatic heterocycles. The Hall–Kier alpha value is -3.50. The van der Waals surface area contributed by atoms with Crippen LogP contribution in [-0.4, -0.2) is 49.1 Å². The van der Waals surface area contributed by atoms with Crippen LogP contribution in [0.2, 0.25) is 0 Å². The number of nitrogens with zero attached hydrogens (tertiary/aromatic N) is 2. The molecule has 2 amide bonds. The van der Waals surface area contributed by atoms with E-state index in [2.05, 4.69) is 10.6 Å². The molecule has 0 unspecified atom stereocenters. The van der Waals surface area contributed by atoms with Gasteiger partial charge in [0.25, 0.3) is 11.8 Å². The lowest BCUT2D eigenvalue weighted by molar-refractivity contribution is -0.117. The van der Waals surface area contributed by atoms with Crippen LogP contribution in [0, 0.1) is 5.82 Å². The highest BCUT2D eigenvalue weighted by molar-refractivity contribution is 7.87. The molecule has 0 atom stereocenters. The number of rotatable bonds is 8. The number of benzene rings is 2. The van der Waals surface area contributed by atoms with Crippen molar-refractivity contribution in [2.75, 3.05) is 20.6 Å². The van der Waals surface area contributed by atoms with E-state index in [9.17, 15) is 22.4 Å². The fourth-order valence-electron chi connectivity index (χ4n) is 3.14. The first-order valence-corrected chi connectivity index (χ1v) is 11.7.